The maximum absolute atomic E-state index is 11.5. The Balaban J connectivity index is 1.66. The number of benzene rings is 2. The molecular formula is C23H21NO3S. The lowest BCUT2D eigenvalue weighted by molar-refractivity contribution is -0.140. The number of fused-ring (bicyclic) bond motifs is 1. The number of methoxy groups -OCH3 is 1. The van der Waals surface area contributed by atoms with E-state index in [0.29, 0.717) is 19.4 Å². The third kappa shape index (κ3) is 4.10. The average Bonchev–Trinajstić information content (AvgIpc) is 3.41. The second kappa shape index (κ2) is 8.31. The van der Waals surface area contributed by atoms with Gasteiger partial charge in [-0.3, -0.25) is 4.79 Å². The van der Waals surface area contributed by atoms with Crippen LogP contribution in [0.2, 0.25) is 0 Å². The van der Waals surface area contributed by atoms with E-state index < -0.39 is 0 Å². The number of hydrogen-bond acceptors (Lipinski definition) is 4. The van der Waals surface area contributed by atoms with Crippen LogP contribution in [0.4, 0.5) is 0 Å². The number of aryl methyl sites for hydroxylation is 1. The highest BCUT2D eigenvalue weighted by molar-refractivity contribution is 7.09. The Labute approximate surface area is 167 Å². The molecule has 0 fully saturated rings. The Kier molecular flexibility index (Phi) is 5.44. The second-order valence-electron chi connectivity index (χ2n) is 6.55. The van der Waals surface area contributed by atoms with Crippen LogP contribution in [0.5, 0.6) is 5.75 Å². The number of aromatic nitrogens is 1. The molecule has 0 unspecified atom stereocenters. The summed E-state index contributed by atoms with van der Waals surface area (Å²) in [6.07, 6.45) is 2.94. The molecule has 0 saturated heterocycles. The number of ether oxygens (including phenoxy) is 2. The molecule has 0 radical (unpaired) electrons. The van der Waals surface area contributed by atoms with Crippen molar-refractivity contribution >= 4 is 28.2 Å². The van der Waals surface area contributed by atoms with Gasteiger partial charge in [0.25, 0.3) is 0 Å². The van der Waals surface area contributed by atoms with Crippen molar-refractivity contribution in [3.8, 4) is 16.9 Å². The molecule has 0 aliphatic heterocycles. The number of carbonyl (C=O) groups is 1. The minimum atomic E-state index is -0.201. The minimum absolute atomic E-state index is 0.201. The average molecular weight is 391 g/mol. The molecule has 1 N–H and O–H groups in total. The van der Waals surface area contributed by atoms with Gasteiger partial charge in [-0.05, 0) is 64.7 Å². The van der Waals surface area contributed by atoms with Gasteiger partial charge < -0.3 is 14.5 Å². The summed E-state index contributed by atoms with van der Waals surface area (Å²) in [7, 11) is 1.42. The first-order valence-corrected chi connectivity index (χ1v) is 10.0. The van der Waals surface area contributed by atoms with E-state index in [0.717, 1.165) is 33.3 Å². The molecule has 0 saturated carbocycles. The Bertz CT molecular complexity index is 1080. The van der Waals surface area contributed by atoms with Crippen molar-refractivity contribution in [2.24, 2.45) is 0 Å². The van der Waals surface area contributed by atoms with Gasteiger partial charge in [0, 0.05) is 28.6 Å². The molecule has 2 heterocycles. The van der Waals surface area contributed by atoms with Crippen LogP contribution in [0.3, 0.4) is 0 Å². The Morgan fingerprint density at radius 1 is 1.11 bits per heavy atom. The number of hydrogen-bond donors (Lipinski definition) is 1. The maximum Gasteiger partial charge on any atom is 0.305 e. The topological polar surface area (TPSA) is 51.3 Å². The first-order chi connectivity index (χ1) is 13.7. The van der Waals surface area contributed by atoms with E-state index in [9.17, 15) is 4.79 Å². The van der Waals surface area contributed by atoms with Gasteiger partial charge in [0.2, 0.25) is 0 Å². The standard InChI is InChI=1S/C23H21NO3S/c1-26-23(25)9-5-16-4-8-22(27-15-19-3-2-12-28-19)20(13-16)17-6-7-21-18(14-17)10-11-24-21/h2-4,6-8,10-14,24H,5,9,15H2,1H3. The normalized spacial score (nSPS) is 10.9. The van der Waals surface area contributed by atoms with E-state index in [-0.39, 0.29) is 5.97 Å². The largest absolute Gasteiger partial charge is 0.487 e. The van der Waals surface area contributed by atoms with Crippen molar-refractivity contribution in [3.63, 3.8) is 0 Å². The van der Waals surface area contributed by atoms with Crippen molar-refractivity contribution in [2.75, 3.05) is 7.11 Å². The molecule has 142 valence electrons. The number of rotatable bonds is 7. The summed E-state index contributed by atoms with van der Waals surface area (Å²) in [5, 5.41) is 3.21. The molecule has 0 spiro atoms. The fourth-order valence-electron chi connectivity index (χ4n) is 3.20. The van der Waals surface area contributed by atoms with E-state index in [2.05, 4.69) is 46.8 Å². The first-order valence-electron chi connectivity index (χ1n) is 9.15. The fraction of sp³-hybridized carbons (Fsp3) is 0.174. The fourth-order valence-corrected chi connectivity index (χ4v) is 3.81. The number of aromatic amines is 1. The van der Waals surface area contributed by atoms with E-state index in [1.165, 1.54) is 12.0 Å². The van der Waals surface area contributed by atoms with Crippen molar-refractivity contribution in [1.82, 2.24) is 4.98 Å². The molecular weight excluding hydrogens is 370 g/mol. The predicted octanol–water partition coefficient (Wildman–Crippen LogP) is 5.58. The Morgan fingerprint density at radius 3 is 2.86 bits per heavy atom. The van der Waals surface area contributed by atoms with Crippen LogP contribution in [0.25, 0.3) is 22.0 Å². The summed E-state index contributed by atoms with van der Waals surface area (Å²) in [6.45, 7) is 0.540. The second-order valence-corrected chi connectivity index (χ2v) is 7.59. The zero-order chi connectivity index (χ0) is 19.3. The molecule has 2 aromatic heterocycles. The monoisotopic (exact) mass is 391 g/mol. The van der Waals surface area contributed by atoms with Crippen molar-refractivity contribution in [3.05, 3.63) is 76.6 Å². The summed E-state index contributed by atoms with van der Waals surface area (Å²) >= 11 is 1.68. The third-order valence-electron chi connectivity index (χ3n) is 4.70. The molecule has 5 heteroatoms. The van der Waals surface area contributed by atoms with Gasteiger partial charge in [-0.1, -0.05) is 18.2 Å². The number of esters is 1. The van der Waals surface area contributed by atoms with Crippen molar-refractivity contribution in [2.45, 2.75) is 19.4 Å². The van der Waals surface area contributed by atoms with Crippen LogP contribution in [0.1, 0.15) is 16.9 Å². The lowest BCUT2D eigenvalue weighted by Gasteiger charge is -2.13. The van der Waals surface area contributed by atoms with Gasteiger partial charge >= 0.3 is 5.97 Å². The van der Waals surface area contributed by atoms with E-state index in [1.807, 2.05) is 24.4 Å². The molecule has 0 bridgehead atoms. The smallest absolute Gasteiger partial charge is 0.305 e. The van der Waals surface area contributed by atoms with Gasteiger partial charge in [-0.25, -0.2) is 0 Å². The Morgan fingerprint density at radius 2 is 2.04 bits per heavy atom. The SMILES string of the molecule is COC(=O)CCc1ccc(OCc2cccs2)c(-c2ccc3[nH]ccc3c2)c1. The number of carbonyl (C=O) groups excluding carboxylic acids is 1. The number of H-pyrrole nitrogens is 1. The molecule has 0 amide bonds. The molecule has 0 aliphatic carbocycles. The number of thiophene rings is 1. The summed E-state index contributed by atoms with van der Waals surface area (Å²) in [5.41, 5.74) is 4.31. The van der Waals surface area contributed by atoms with Gasteiger partial charge in [-0.2, -0.15) is 0 Å². The van der Waals surface area contributed by atoms with Gasteiger partial charge in [-0.15, -0.1) is 11.3 Å². The summed E-state index contributed by atoms with van der Waals surface area (Å²) in [5.74, 6) is 0.637. The third-order valence-corrected chi connectivity index (χ3v) is 5.55. The summed E-state index contributed by atoms with van der Waals surface area (Å²) in [6, 6.07) is 18.6. The molecule has 0 aliphatic rings. The molecule has 4 nitrogen and oxygen atoms in total. The van der Waals surface area contributed by atoms with Crippen LogP contribution in [-0.4, -0.2) is 18.1 Å². The van der Waals surface area contributed by atoms with Gasteiger partial charge in [0.15, 0.2) is 0 Å². The Hall–Kier alpha value is -3.05. The summed E-state index contributed by atoms with van der Waals surface area (Å²) in [4.78, 5) is 15.9. The van der Waals surface area contributed by atoms with Crippen molar-refractivity contribution < 1.29 is 14.3 Å². The highest BCUT2D eigenvalue weighted by Crippen LogP contribution is 2.34. The van der Waals surface area contributed by atoms with Crippen LogP contribution in [0, 0.1) is 0 Å². The van der Waals surface area contributed by atoms with Gasteiger partial charge in [0.1, 0.15) is 12.4 Å². The van der Waals surface area contributed by atoms with E-state index in [4.69, 9.17) is 9.47 Å². The van der Waals surface area contributed by atoms with Crippen LogP contribution < -0.4 is 4.74 Å². The van der Waals surface area contributed by atoms with E-state index >= 15 is 0 Å². The summed E-state index contributed by atoms with van der Waals surface area (Å²) < 4.78 is 10.9. The highest BCUT2D eigenvalue weighted by Gasteiger charge is 2.11. The molecule has 4 aromatic rings. The van der Waals surface area contributed by atoms with Crippen LogP contribution in [0.15, 0.2) is 66.2 Å². The minimum Gasteiger partial charge on any atom is -0.487 e. The molecule has 4 rings (SSSR count). The lowest BCUT2D eigenvalue weighted by Crippen LogP contribution is -2.02. The van der Waals surface area contributed by atoms with Crippen LogP contribution >= 0.6 is 11.3 Å². The predicted molar refractivity (Wildman–Crippen MR) is 113 cm³/mol. The molecule has 2 aromatic carbocycles. The quantitative estimate of drug-likeness (QED) is 0.418. The maximum atomic E-state index is 11.5. The van der Waals surface area contributed by atoms with E-state index in [1.54, 1.807) is 11.3 Å². The van der Waals surface area contributed by atoms with Crippen LogP contribution in [-0.2, 0) is 22.6 Å². The van der Waals surface area contributed by atoms with Crippen molar-refractivity contribution in [1.29, 1.82) is 0 Å². The highest BCUT2D eigenvalue weighted by atomic mass is 32.1. The molecule has 28 heavy (non-hydrogen) atoms. The first kappa shape index (κ1) is 18.3. The molecule has 0 atom stereocenters. The zero-order valence-electron chi connectivity index (χ0n) is 15.6. The number of nitrogens with one attached hydrogen (secondary N) is 1. The lowest BCUT2D eigenvalue weighted by atomic mass is 9.99. The zero-order valence-corrected chi connectivity index (χ0v) is 16.4. The van der Waals surface area contributed by atoms with Gasteiger partial charge in [0.05, 0.1) is 7.11 Å².